The highest BCUT2D eigenvalue weighted by atomic mass is 35.5. The van der Waals surface area contributed by atoms with Gasteiger partial charge in [-0.05, 0) is 30.0 Å². The summed E-state index contributed by atoms with van der Waals surface area (Å²) in [5.74, 6) is -1.69. The van der Waals surface area contributed by atoms with Crippen LogP contribution in [0.15, 0.2) is 18.2 Å². The Morgan fingerprint density at radius 2 is 2.11 bits per heavy atom. The largest absolute Gasteiger partial charge is 0.481 e. The number of carboxylic acid groups (broad SMARTS) is 1. The maximum absolute atomic E-state index is 12.2. The van der Waals surface area contributed by atoms with Crippen LogP contribution in [-0.2, 0) is 22.6 Å². The average Bonchev–Trinajstić information content (AvgIpc) is 3.18. The van der Waals surface area contributed by atoms with Crippen molar-refractivity contribution < 1.29 is 14.7 Å². The number of halogens is 1. The van der Waals surface area contributed by atoms with Crippen molar-refractivity contribution in [2.24, 2.45) is 11.8 Å². The van der Waals surface area contributed by atoms with Gasteiger partial charge in [-0.25, -0.2) is 0 Å². The number of hydrogen-bond donors (Lipinski definition) is 1. The molecule has 2 aliphatic rings. The standard InChI is InChI=1S/C14H14ClNO3/c15-12-3-1-2-8-7-16(5-4-9(8)12)13(17)10-6-11(10)14(18)19/h1-3,10-11H,4-7H2,(H,18,19). The number of hydrogen-bond acceptors (Lipinski definition) is 2. The molecule has 1 heterocycles. The zero-order valence-corrected chi connectivity index (χ0v) is 11.1. The molecule has 1 aromatic carbocycles. The van der Waals surface area contributed by atoms with Gasteiger partial charge in [0.15, 0.2) is 0 Å². The Kier molecular flexibility index (Phi) is 2.97. The number of fused-ring (bicyclic) bond motifs is 1. The zero-order valence-electron chi connectivity index (χ0n) is 10.3. The number of rotatable bonds is 2. The first kappa shape index (κ1) is 12.5. The van der Waals surface area contributed by atoms with Crippen molar-refractivity contribution in [3.63, 3.8) is 0 Å². The first-order valence-electron chi connectivity index (χ1n) is 6.36. The van der Waals surface area contributed by atoms with Crippen molar-refractivity contribution in [3.05, 3.63) is 34.3 Å². The Morgan fingerprint density at radius 3 is 2.79 bits per heavy atom. The number of amides is 1. The Morgan fingerprint density at radius 1 is 1.32 bits per heavy atom. The molecule has 1 amide bonds. The van der Waals surface area contributed by atoms with E-state index in [1.54, 1.807) is 4.90 Å². The number of carboxylic acids is 1. The third-order valence-electron chi connectivity index (χ3n) is 3.95. The summed E-state index contributed by atoms with van der Waals surface area (Å²) in [6.45, 7) is 1.16. The minimum atomic E-state index is -0.862. The molecule has 5 heteroatoms. The van der Waals surface area contributed by atoms with Crippen LogP contribution in [0, 0.1) is 11.8 Å². The van der Waals surface area contributed by atoms with Crippen LogP contribution in [0.4, 0.5) is 0 Å². The van der Waals surface area contributed by atoms with Gasteiger partial charge in [0, 0.05) is 18.1 Å². The topological polar surface area (TPSA) is 57.6 Å². The highest BCUT2D eigenvalue weighted by Gasteiger charge is 2.50. The number of aliphatic carboxylic acids is 1. The molecule has 19 heavy (non-hydrogen) atoms. The summed E-state index contributed by atoms with van der Waals surface area (Å²) < 4.78 is 0. The van der Waals surface area contributed by atoms with E-state index in [0.717, 1.165) is 22.6 Å². The van der Waals surface area contributed by atoms with Crippen LogP contribution in [-0.4, -0.2) is 28.4 Å². The third kappa shape index (κ3) is 2.21. The lowest BCUT2D eigenvalue weighted by molar-refractivity contribution is -0.142. The number of carbonyl (C=O) groups is 2. The molecule has 1 aliphatic carbocycles. The lowest BCUT2D eigenvalue weighted by atomic mass is 9.99. The quantitative estimate of drug-likeness (QED) is 0.900. The van der Waals surface area contributed by atoms with E-state index in [1.165, 1.54) is 0 Å². The lowest BCUT2D eigenvalue weighted by Crippen LogP contribution is -2.37. The van der Waals surface area contributed by atoms with Crippen molar-refractivity contribution in [1.29, 1.82) is 0 Å². The van der Waals surface area contributed by atoms with E-state index in [9.17, 15) is 9.59 Å². The lowest BCUT2D eigenvalue weighted by Gasteiger charge is -2.29. The normalized spacial score (nSPS) is 24.8. The molecule has 1 aliphatic heterocycles. The molecule has 0 saturated heterocycles. The molecule has 0 bridgehead atoms. The molecule has 1 saturated carbocycles. The van der Waals surface area contributed by atoms with Crippen LogP contribution in [0.1, 0.15) is 17.5 Å². The molecule has 0 aromatic heterocycles. The summed E-state index contributed by atoms with van der Waals surface area (Å²) in [5.41, 5.74) is 2.18. The third-order valence-corrected chi connectivity index (χ3v) is 4.30. The highest BCUT2D eigenvalue weighted by molar-refractivity contribution is 6.31. The summed E-state index contributed by atoms with van der Waals surface area (Å²) in [6.07, 6.45) is 1.22. The second-order valence-corrected chi connectivity index (χ2v) is 5.58. The van der Waals surface area contributed by atoms with Gasteiger partial charge in [-0.15, -0.1) is 0 Å². The molecular weight excluding hydrogens is 266 g/mol. The van der Waals surface area contributed by atoms with E-state index in [0.29, 0.717) is 19.5 Å². The minimum Gasteiger partial charge on any atom is -0.481 e. The fourth-order valence-corrected chi connectivity index (χ4v) is 3.01. The van der Waals surface area contributed by atoms with E-state index >= 15 is 0 Å². The molecule has 100 valence electrons. The van der Waals surface area contributed by atoms with Gasteiger partial charge in [0.1, 0.15) is 0 Å². The Bertz CT molecular complexity index is 558. The van der Waals surface area contributed by atoms with Gasteiger partial charge in [-0.3, -0.25) is 9.59 Å². The predicted molar refractivity (Wildman–Crippen MR) is 69.8 cm³/mol. The molecule has 2 unspecified atom stereocenters. The van der Waals surface area contributed by atoms with Crippen LogP contribution in [0.2, 0.25) is 5.02 Å². The summed E-state index contributed by atoms with van der Waals surface area (Å²) in [5, 5.41) is 9.63. The smallest absolute Gasteiger partial charge is 0.307 e. The van der Waals surface area contributed by atoms with Gasteiger partial charge in [0.25, 0.3) is 0 Å². The highest BCUT2D eigenvalue weighted by Crippen LogP contribution is 2.41. The Balaban J connectivity index is 1.73. The molecule has 4 nitrogen and oxygen atoms in total. The summed E-state index contributed by atoms with van der Waals surface area (Å²) in [4.78, 5) is 24.8. The van der Waals surface area contributed by atoms with Gasteiger partial charge in [0.05, 0.1) is 11.8 Å². The van der Waals surface area contributed by atoms with Crippen molar-refractivity contribution in [2.45, 2.75) is 19.4 Å². The molecular formula is C14H14ClNO3. The summed E-state index contributed by atoms with van der Waals surface area (Å²) >= 11 is 6.13. The van der Waals surface area contributed by atoms with E-state index in [2.05, 4.69) is 0 Å². The van der Waals surface area contributed by atoms with Gasteiger partial charge in [-0.2, -0.15) is 0 Å². The van der Waals surface area contributed by atoms with Crippen LogP contribution < -0.4 is 0 Å². The zero-order chi connectivity index (χ0) is 13.6. The SMILES string of the molecule is O=C(O)C1CC1C(=O)N1CCc2c(Cl)cccc2C1. The first-order valence-corrected chi connectivity index (χ1v) is 6.73. The van der Waals surface area contributed by atoms with Crippen LogP contribution in [0.5, 0.6) is 0 Å². The molecule has 1 aromatic rings. The maximum atomic E-state index is 12.2. The van der Waals surface area contributed by atoms with Crippen molar-refractivity contribution in [3.8, 4) is 0 Å². The van der Waals surface area contributed by atoms with E-state index in [-0.39, 0.29) is 11.8 Å². The molecule has 1 fully saturated rings. The van der Waals surface area contributed by atoms with Crippen molar-refractivity contribution >= 4 is 23.5 Å². The minimum absolute atomic E-state index is 0.0296. The fourth-order valence-electron chi connectivity index (χ4n) is 2.73. The number of nitrogens with zero attached hydrogens (tertiary/aromatic N) is 1. The first-order chi connectivity index (χ1) is 9.08. The fraction of sp³-hybridized carbons (Fsp3) is 0.429. The van der Waals surface area contributed by atoms with E-state index < -0.39 is 11.9 Å². The van der Waals surface area contributed by atoms with Crippen LogP contribution in [0.25, 0.3) is 0 Å². The second-order valence-electron chi connectivity index (χ2n) is 5.17. The number of benzene rings is 1. The Hall–Kier alpha value is -1.55. The summed E-state index contributed by atoms with van der Waals surface area (Å²) in [6, 6.07) is 5.72. The van der Waals surface area contributed by atoms with Gasteiger partial charge >= 0.3 is 5.97 Å². The molecule has 0 radical (unpaired) electrons. The van der Waals surface area contributed by atoms with E-state index in [1.807, 2.05) is 18.2 Å². The molecule has 1 N–H and O–H groups in total. The summed E-state index contributed by atoms with van der Waals surface area (Å²) in [7, 11) is 0. The van der Waals surface area contributed by atoms with Gasteiger partial charge < -0.3 is 10.0 Å². The van der Waals surface area contributed by atoms with Crippen molar-refractivity contribution in [2.75, 3.05) is 6.54 Å². The maximum Gasteiger partial charge on any atom is 0.307 e. The van der Waals surface area contributed by atoms with E-state index in [4.69, 9.17) is 16.7 Å². The van der Waals surface area contributed by atoms with Crippen LogP contribution >= 0.6 is 11.6 Å². The predicted octanol–water partition coefficient (Wildman–Crippen LogP) is 1.95. The van der Waals surface area contributed by atoms with Gasteiger partial charge in [-0.1, -0.05) is 23.7 Å². The monoisotopic (exact) mass is 279 g/mol. The van der Waals surface area contributed by atoms with Crippen molar-refractivity contribution in [1.82, 2.24) is 4.90 Å². The Labute approximate surface area is 116 Å². The molecule has 0 spiro atoms. The van der Waals surface area contributed by atoms with Crippen LogP contribution in [0.3, 0.4) is 0 Å². The molecule has 3 rings (SSSR count). The molecule has 2 atom stereocenters. The average molecular weight is 280 g/mol. The second kappa shape index (κ2) is 4.53. The number of carbonyl (C=O) groups excluding carboxylic acids is 1. The van der Waals surface area contributed by atoms with Gasteiger partial charge in [0.2, 0.25) is 5.91 Å².